The van der Waals surface area contributed by atoms with Crippen molar-refractivity contribution in [2.75, 3.05) is 16.8 Å². The van der Waals surface area contributed by atoms with E-state index in [0.717, 1.165) is 14.8 Å². The number of nitrogens with two attached hydrogens (primary N) is 1. The Morgan fingerprint density at radius 2 is 1.50 bits per heavy atom. The largest absolute Gasteiger partial charge is 0.326 e. The van der Waals surface area contributed by atoms with Crippen LogP contribution in [0.3, 0.4) is 0 Å². The Kier molecular flexibility index (Phi) is 8.97. The number of hydrogen-bond donors (Lipinski definition) is 2. The van der Waals surface area contributed by atoms with Gasteiger partial charge in [0.1, 0.15) is 6.04 Å². The van der Waals surface area contributed by atoms with E-state index in [1.807, 2.05) is 26.0 Å². The number of nitrogens with one attached hydrogen (secondary N) is 1. The van der Waals surface area contributed by atoms with Crippen LogP contribution in [0, 0.1) is 0 Å². The predicted molar refractivity (Wildman–Crippen MR) is 158 cm³/mol. The van der Waals surface area contributed by atoms with E-state index >= 15 is 0 Å². The third kappa shape index (κ3) is 6.76. The van der Waals surface area contributed by atoms with Gasteiger partial charge in [-0.25, -0.2) is 26.9 Å². The Morgan fingerprint density at radius 1 is 0.929 bits per heavy atom. The second kappa shape index (κ2) is 12.1. The molecule has 1 atom stereocenters. The maximum absolute atomic E-state index is 13.9. The zero-order valence-corrected chi connectivity index (χ0v) is 25.0. The molecule has 3 aromatic rings. The number of amides is 3. The van der Waals surface area contributed by atoms with Crippen molar-refractivity contribution in [3.05, 3.63) is 83.9 Å². The summed E-state index contributed by atoms with van der Waals surface area (Å²) in [5.74, 6) is -1.27. The molecule has 3 N–H and O–H groups in total. The first kappa shape index (κ1) is 31.0. The molecule has 1 heterocycles. The summed E-state index contributed by atoms with van der Waals surface area (Å²) in [6.45, 7) is 5.19. The van der Waals surface area contributed by atoms with Gasteiger partial charge in [0.2, 0.25) is 31.9 Å². The van der Waals surface area contributed by atoms with E-state index in [9.17, 15) is 31.2 Å². The van der Waals surface area contributed by atoms with Crippen molar-refractivity contribution in [1.29, 1.82) is 0 Å². The molecule has 222 valence electrons. The molecule has 3 amide bonds. The number of carbonyl (C=O) groups excluding carboxylic acids is 3. The number of carbonyl (C=O) groups is 3. The van der Waals surface area contributed by atoms with Crippen molar-refractivity contribution in [1.82, 2.24) is 4.31 Å². The number of imide groups is 1. The van der Waals surface area contributed by atoms with Crippen molar-refractivity contribution < 1.29 is 31.2 Å². The van der Waals surface area contributed by atoms with Gasteiger partial charge in [0.05, 0.1) is 21.9 Å². The minimum atomic E-state index is -4.31. The number of primary sulfonamides is 1. The first-order chi connectivity index (χ1) is 19.7. The summed E-state index contributed by atoms with van der Waals surface area (Å²) in [7, 11) is -8.21. The molecule has 11 nitrogen and oxygen atoms in total. The van der Waals surface area contributed by atoms with E-state index in [1.54, 1.807) is 12.1 Å². The standard InChI is InChI=1S/C29H32N4O7S2/c1-19(2)22-6-10-24(11-7-22)33-28(35)18-27(29(33)36)32(17-16-21-4-12-25(13-5-21)41(30,37)38)42(39,40)26-14-8-23(9-15-26)31-20(3)34/h4-15,19,27H,16-18H2,1-3H3,(H,31,34)(H2,30,37,38). The lowest BCUT2D eigenvalue weighted by Crippen LogP contribution is -2.46. The van der Waals surface area contributed by atoms with Crippen LogP contribution >= 0.6 is 0 Å². The second-order valence-electron chi connectivity index (χ2n) is 10.3. The Balaban J connectivity index is 1.67. The highest BCUT2D eigenvalue weighted by molar-refractivity contribution is 7.89. The molecule has 1 fully saturated rings. The van der Waals surface area contributed by atoms with Crippen LogP contribution < -0.4 is 15.4 Å². The van der Waals surface area contributed by atoms with Gasteiger partial charge >= 0.3 is 0 Å². The van der Waals surface area contributed by atoms with E-state index in [-0.39, 0.29) is 41.0 Å². The number of nitrogens with zero attached hydrogens (tertiary/aromatic N) is 2. The lowest BCUT2D eigenvalue weighted by molar-refractivity contribution is -0.122. The molecule has 0 spiro atoms. The molecular weight excluding hydrogens is 580 g/mol. The number of hydrogen-bond acceptors (Lipinski definition) is 7. The quantitative estimate of drug-likeness (QED) is 0.332. The van der Waals surface area contributed by atoms with E-state index in [1.165, 1.54) is 55.5 Å². The highest BCUT2D eigenvalue weighted by atomic mass is 32.2. The second-order valence-corrected chi connectivity index (χ2v) is 13.7. The molecular formula is C29H32N4O7S2. The summed E-state index contributed by atoms with van der Waals surface area (Å²) in [5.41, 5.74) is 2.37. The van der Waals surface area contributed by atoms with E-state index in [4.69, 9.17) is 5.14 Å². The molecule has 1 aliphatic rings. The molecule has 1 unspecified atom stereocenters. The fourth-order valence-electron chi connectivity index (χ4n) is 4.70. The van der Waals surface area contributed by atoms with Crippen molar-refractivity contribution >= 4 is 49.1 Å². The van der Waals surface area contributed by atoms with Crippen LogP contribution in [0.15, 0.2) is 82.6 Å². The summed E-state index contributed by atoms with van der Waals surface area (Å²) < 4.78 is 52.1. The normalized spacial score (nSPS) is 16.0. The molecule has 0 bridgehead atoms. The lowest BCUT2D eigenvalue weighted by Gasteiger charge is -2.27. The summed E-state index contributed by atoms with van der Waals surface area (Å²) >= 11 is 0. The van der Waals surface area contributed by atoms with E-state index < -0.39 is 37.9 Å². The number of sulfonamides is 2. The predicted octanol–water partition coefficient (Wildman–Crippen LogP) is 2.98. The summed E-state index contributed by atoms with van der Waals surface area (Å²) in [4.78, 5) is 39.0. The Hall–Kier alpha value is -3.91. The van der Waals surface area contributed by atoms with E-state index in [0.29, 0.717) is 16.9 Å². The molecule has 4 rings (SSSR count). The molecule has 0 aliphatic carbocycles. The highest BCUT2D eigenvalue weighted by Gasteiger charge is 2.46. The van der Waals surface area contributed by atoms with Gasteiger partial charge in [0.25, 0.3) is 5.91 Å². The maximum Gasteiger partial charge on any atom is 0.252 e. The molecule has 13 heteroatoms. The van der Waals surface area contributed by atoms with Gasteiger partial charge in [-0.2, -0.15) is 4.31 Å². The molecule has 0 aromatic heterocycles. The third-order valence-electron chi connectivity index (χ3n) is 6.94. The van der Waals surface area contributed by atoms with Crippen LogP contribution in [0.25, 0.3) is 0 Å². The summed E-state index contributed by atoms with van der Waals surface area (Å²) in [6, 6.07) is 16.8. The molecule has 0 radical (unpaired) electrons. The van der Waals surface area contributed by atoms with Gasteiger partial charge in [0, 0.05) is 19.2 Å². The highest BCUT2D eigenvalue weighted by Crippen LogP contribution is 2.31. The Bertz CT molecular complexity index is 1700. The summed E-state index contributed by atoms with van der Waals surface area (Å²) in [5, 5.41) is 7.74. The Morgan fingerprint density at radius 3 is 2.02 bits per heavy atom. The average Bonchev–Trinajstić information content (AvgIpc) is 3.21. The smallest absolute Gasteiger partial charge is 0.252 e. The van der Waals surface area contributed by atoms with Gasteiger partial charge in [0.15, 0.2) is 0 Å². The lowest BCUT2D eigenvalue weighted by atomic mass is 10.0. The molecule has 3 aromatic carbocycles. The topological polar surface area (TPSA) is 164 Å². The average molecular weight is 613 g/mol. The van der Waals surface area contributed by atoms with Crippen molar-refractivity contribution in [2.45, 2.75) is 55.4 Å². The van der Waals surface area contributed by atoms with Gasteiger partial charge in [-0.1, -0.05) is 38.1 Å². The number of benzene rings is 3. The minimum Gasteiger partial charge on any atom is -0.326 e. The van der Waals surface area contributed by atoms with Gasteiger partial charge in [-0.3, -0.25) is 14.4 Å². The number of rotatable bonds is 10. The van der Waals surface area contributed by atoms with Crippen molar-refractivity contribution in [3.63, 3.8) is 0 Å². The van der Waals surface area contributed by atoms with Crippen LogP contribution in [0.4, 0.5) is 11.4 Å². The van der Waals surface area contributed by atoms with Crippen LogP contribution in [-0.4, -0.2) is 51.4 Å². The number of anilines is 2. The summed E-state index contributed by atoms with van der Waals surface area (Å²) in [6.07, 6.45) is -0.229. The monoisotopic (exact) mass is 612 g/mol. The van der Waals surface area contributed by atoms with Gasteiger partial charge in [-0.15, -0.1) is 0 Å². The van der Waals surface area contributed by atoms with Crippen LogP contribution in [0.1, 0.15) is 44.2 Å². The molecule has 1 aliphatic heterocycles. The van der Waals surface area contributed by atoms with Crippen molar-refractivity contribution in [2.24, 2.45) is 5.14 Å². The Labute approximate surface area is 245 Å². The van der Waals surface area contributed by atoms with Crippen molar-refractivity contribution in [3.8, 4) is 0 Å². The van der Waals surface area contributed by atoms with Gasteiger partial charge < -0.3 is 5.32 Å². The molecule has 1 saturated heterocycles. The zero-order valence-electron chi connectivity index (χ0n) is 23.4. The van der Waals surface area contributed by atoms with Crippen LogP contribution in [0.5, 0.6) is 0 Å². The van der Waals surface area contributed by atoms with Crippen LogP contribution in [-0.2, 0) is 40.9 Å². The first-order valence-electron chi connectivity index (χ1n) is 13.2. The van der Waals surface area contributed by atoms with E-state index in [2.05, 4.69) is 5.32 Å². The SMILES string of the molecule is CC(=O)Nc1ccc(S(=O)(=O)N(CCc2ccc(S(N)(=O)=O)cc2)C2CC(=O)N(c3ccc(C(C)C)cc3)C2=O)cc1. The fraction of sp³-hybridized carbons (Fsp3) is 0.276. The molecule has 0 saturated carbocycles. The molecule has 42 heavy (non-hydrogen) atoms. The first-order valence-corrected chi connectivity index (χ1v) is 16.1. The maximum atomic E-state index is 13.9. The fourth-order valence-corrected chi connectivity index (χ4v) is 6.80. The van der Waals surface area contributed by atoms with Gasteiger partial charge in [-0.05, 0) is 72.0 Å². The third-order valence-corrected chi connectivity index (χ3v) is 9.79. The van der Waals surface area contributed by atoms with Crippen LogP contribution in [0.2, 0.25) is 0 Å². The minimum absolute atomic E-state index is 0.0920. The zero-order chi connectivity index (χ0) is 30.8.